The number of nitro benzene ring substituents is 1. The average Bonchev–Trinajstić information content (AvgIpc) is 2.34. The molecule has 0 amide bonds. The van der Waals surface area contributed by atoms with E-state index in [1.165, 1.54) is 12.1 Å². The van der Waals surface area contributed by atoms with Crippen molar-refractivity contribution in [2.24, 2.45) is 0 Å². The number of nitrogens with zero attached hydrogens (tertiary/aromatic N) is 2. The number of nitro groups is 1. The van der Waals surface area contributed by atoms with Crippen LogP contribution in [0.3, 0.4) is 0 Å². The van der Waals surface area contributed by atoms with Gasteiger partial charge in [0.1, 0.15) is 18.8 Å². The monoisotopic (exact) mass is 287 g/mol. The predicted octanol–water partition coefficient (Wildman–Crippen LogP) is 1.51. The summed E-state index contributed by atoms with van der Waals surface area (Å²) >= 11 is 0.842. The van der Waals surface area contributed by atoms with Crippen molar-refractivity contribution < 1.29 is 19.1 Å². The van der Waals surface area contributed by atoms with Crippen molar-refractivity contribution in [2.45, 2.75) is 6.92 Å². The summed E-state index contributed by atoms with van der Waals surface area (Å²) in [5, 5.41) is 19.1. The topological polar surface area (TPSA) is 105 Å². The van der Waals surface area contributed by atoms with Gasteiger partial charge in [-0.1, -0.05) is 6.07 Å². The highest BCUT2D eigenvalue weighted by Crippen LogP contribution is 2.28. The molecule has 0 saturated carbocycles. The summed E-state index contributed by atoms with van der Waals surface area (Å²) in [4.78, 5) is 20.5. The molecule has 0 bridgehead atoms. The van der Waals surface area contributed by atoms with Crippen LogP contribution in [0.25, 0.3) is 0 Å². The first kappa shape index (κ1) is 15.2. The van der Waals surface area contributed by atoms with Gasteiger partial charge in [-0.2, -0.15) is 5.48 Å². The summed E-state index contributed by atoms with van der Waals surface area (Å²) < 4.78 is 6.41. The largest absolute Gasteiger partial charge is 0.480 e. The number of carboxylic acids is 1. The second kappa shape index (κ2) is 6.92. The van der Waals surface area contributed by atoms with Gasteiger partial charge in [0.2, 0.25) is 0 Å². The van der Waals surface area contributed by atoms with Crippen LogP contribution in [0, 0.1) is 17.0 Å². The average molecular weight is 287 g/mol. The number of nitrogens with one attached hydrogen (secondary N) is 1. The van der Waals surface area contributed by atoms with Gasteiger partial charge in [0, 0.05) is 19.2 Å². The summed E-state index contributed by atoms with van der Waals surface area (Å²) in [6.07, 6.45) is 0. The first-order valence-corrected chi connectivity index (χ1v) is 5.88. The minimum Gasteiger partial charge on any atom is -0.480 e. The van der Waals surface area contributed by atoms with Crippen molar-refractivity contribution in [2.75, 3.05) is 17.9 Å². The Hall–Kier alpha value is -1.84. The third-order valence-corrected chi connectivity index (χ3v) is 2.79. The lowest BCUT2D eigenvalue weighted by molar-refractivity contribution is -0.384. The van der Waals surface area contributed by atoms with E-state index in [9.17, 15) is 14.9 Å². The van der Waals surface area contributed by atoms with Crippen molar-refractivity contribution in [3.63, 3.8) is 0 Å². The Bertz CT molecular complexity index is 482. The number of anilines is 1. The fraction of sp³-hybridized carbons (Fsp3) is 0.300. The summed E-state index contributed by atoms with van der Waals surface area (Å²) in [7, 11) is 1.65. The molecule has 0 aliphatic rings. The van der Waals surface area contributed by atoms with E-state index in [2.05, 4.69) is 5.48 Å². The first-order valence-electron chi connectivity index (χ1n) is 5.19. The Kier molecular flexibility index (Phi) is 5.55. The van der Waals surface area contributed by atoms with Crippen LogP contribution >= 0.6 is 12.2 Å². The number of aliphatic carboxylic acids is 1. The van der Waals surface area contributed by atoms with Crippen LogP contribution < -0.4 is 9.79 Å². The fourth-order valence-electron chi connectivity index (χ4n) is 1.26. The predicted molar refractivity (Wildman–Crippen MR) is 70.6 cm³/mol. The number of hydroxylamine groups is 1. The molecular weight excluding hydrogens is 274 g/mol. The molecule has 1 aromatic carbocycles. The van der Waals surface area contributed by atoms with Gasteiger partial charge in [-0.15, -0.1) is 0 Å². The summed E-state index contributed by atoms with van der Waals surface area (Å²) in [6, 6.07) is 4.47. The minimum absolute atomic E-state index is 0.0217. The quantitative estimate of drug-likeness (QED) is 0.255. The molecule has 0 aromatic heterocycles. The van der Waals surface area contributed by atoms with E-state index in [1.54, 1.807) is 24.3 Å². The zero-order valence-corrected chi connectivity index (χ0v) is 11.1. The highest BCUT2D eigenvalue weighted by atomic mass is 32.2. The number of hydrogen-bond donors (Lipinski definition) is 2. The number of hydrogen-bond acceptors (Lipinski definition) is 7. The molecule has 1 aromatic rings. The van der Waals surface area contributed by atoms with Crippen LogP contribution in [0.1, 0.15) is 5.56 Å². The van der Waals surface area contributed by atoms with Gasteiger partial charge in [-0.05, 0) is 12.5 Å². The van der Waals surface area contributed by atoms with Gasteiger partial charge in [-0.3, -0.25) is 19.2 Å². The van der Waals surface area contributed by atoms with E-state index < -0.39 is 10.9 Å². The number of carbonyl (C=O) groups is 1. The van der Waals surface area contributed by atoms with Crippen LogP contribution in [0.4, 0.5) is 11.4 Å². The highest BCUT2D eigenvalue weighted by molar-refractivity contribution is 7.96. The third kappa shape index (κ3) is 4.73. The molecule has 0 aliphatic heterocycles. The van der Waals surface area contributed by atoms with E-state index in [-0.39, 0.29) is 12.2 Å². The van der Waals surface area contributed by atoms with Crippen LogP contribution in [-0.4, -0.2) is 29.6 Å². The van der Waals surface area contributed by atoms with E-state index >= 15 is 0 Å². The normalized spacial score (nSPS) is 10.2. The molecule has 0 saturated heterocycles. The lowest BCUT2D eigenvalue weighted by Crippen LogP contribution is -2.22. The Morgan fingerprint density at radius 1 is 1.63 bits per heavy atom. The molecule has 0 heterocycles. The molecule has 19 heavy (non-hydrogen) atoms. The molecule has 9 heteroatoms. The van der Waals surface area contributed by atoms with Crippen LogP contribution in [0.5, 0.6) is 0 Å². The van der Waals surface area contributed by atoms with E-state index in [1.807, 2.05) is 0 Å². The molecule has 1 rings (SSSR count). The SMILES string of the molecule is Cc1ccc([N+](=O)[O-])cc1N(C)SONCC(=O)O. The number of aryl methyl sites for hydroxylation is 1. The van der Waals surface area contributed by atoms with E-state index in [4.69, 9.17) is 9.39 Å². The fourth-order valence-corrected chi connectivity index (χ4v) is 1.76. The van der Waals surface area contributed by atoms with Crippen molar-refractivity contribution >= 4 is 29.6 Å². The third-order valence-electron chi connectivity index (χ3n) is 2.17. The van der Waals surface area contributed by atoms with Crippen LogP contribution in [-0.2, 0) is 9.08 Å². The Balaban J connectivity index is 2.65. The zero-order chi connectivity index (χ0) is 14.4. The van der Waals surface area contributed by atoms with E-state index in [0.717, 1.165) is 17.8 Å². The highest BCUT2D eigenvalue weighted by Gasteiger charge is 2.12. The van der Waals surface area contributed by atoms with Crippen LogP contribution in [0.15, 0.2) is 18.2 Å². The Morgan fingerprint density at radius 2 is 2.32 bits per heavy atom. The standard InChI is InChI=1S/C10H13N3O5S/c1-7-3-4-8(13(16)17)5-9(7)12(2)19-18-11-6-10(14)15/h3-5,11H,6H2,1-2H3,(H,14,15). The molecule has 0 aliphatic carbocycles. The smallest absolute Gasteiger partial charge is 0.319 e. The number of carboxylic acid groups (broad SMARTS) is 1. The number of benzene rings is 1. The molecule has 8 nitrogen and oxygen atoms in total. The summed E-state index contributed by atoms with van der Waals surface area (Å²) in [5.41, 5.74) is 3.65. The van der Waals surface area contributed by atoms with Gasteiger partial charge in [0.15, 0.2) is 0 Å². The van der Waals surface area contributed by atoms with Crippen molar-refractivity contribution in [1.29, 1.82) is 0 Å². The molecule has 0 radical (unpaired) electrons. The summed E-state index contributed by atoms with van der Waals surface area (Å²) in [5.74, 6) is -1.05. The van der Waals surface area contributed by atoms with Crippen molar-refractivity contribution in [3.05, 3.63) is 33.9 Å². The number of non-ortho nitro benzene ring substituents is 1. The first-order chi connectivity index (χ1) is 8.91. The molecule has 0 spiro atoms. The summed E-state index contributed by atoms with van der Waals surface area (Å²) in [6.45, 7) is 1.47. The molecule has 0 fully saturated rings. The minimum atomic E-state index is -1.05. The Labute approximate surface area is 113 Å². The Morgan fingerprint density at radius 3 is 2.89 bits per heavy atom. The van der Waals surface area contributed by atoms with Gasteiger partial charge in [-0.25, -0.2) is 4.28 Å². The van der Waals surface area contributed by atoms with Crippen LogP contribution in [0.2, 0.25) is 0 Å². The zero-order valence-electron chi connectivity index (χ0n) is 10.3. The molecule has 0 atom stereocenters. The molecule has 104 valence electrons. The maximum atomic E-state index is 10.7. The second-order valence-electron chi connectivity index (χ2n) is 3.60. The van der Waals surface area contributed by atoms with Gasteiger partial charge in [0.25, 0.3) is 5.69 Å². The van der Waals surface area contributed by atoms with Crippen molar-refractivity contribution in [3.8, 4) is 0 Å². The van der Waals surface area contributed by atoms with Crippen molar-refractivity contribution in [1.82, 2.24) is 5.48 Å². The van der Waals surface area contributed by atoms with Gasteiger partial charge >= 0.3 is 5.97 Å². The lowest BCUT2D eigenvalue weighted by atomic mass is 10.2. The lowest BCUT2D eigenvalue weighted by Gasteiger charge is -2.18. The second-order valence-corrected chi connectivity index (χ2v) is 4.46. The molecule has 2 N–H and O–H groups in total. The van der Waals surface area contributed by atoms with E-state index in [0.29, 0.717) is 5.69 Å². The number of rotatable bonds is 7. The maximum Gasteiger partial charge on any atom is 0.319 e. The van der Waals surface area contributed by atoms with Gasteiger partial charge in [0.05, 0.1) is 10.6 Å². The maximum absolute atomic E-state index is 10.7. The van der Waals surface area contributed by atoms with Gasteiger partial charge < -0.3 is 5.11 Å². The molecular formula is C10H13N3O5S. The molecule has 0 unspecified atom stereocenters.